The molecule has 0 atom stereocenters. The van der Waals surface area contributed by atoms with Gasteiger partial charge < -0.3 is 5.11 Å². The summed E-state index contributed by atoms with van der Waals surface area (Å²) in [4.78, 5) is 18.6. The molecule has 0 aliphatic heterocycles. The predicted octanol–water partition coefficient (Wildman–Crippen LogP) is 5.64. The fourth-order valence-electron chi connectivity index (χ4n) is 3.34. The normalized spacial score (nSPS) is 10.7. The van der Waals surface area contributed by atoms with E-state index in [1.807, 2.05) is 84.9 Å². The number of nitrogens with zero attached hydrogens (tertiary/aromatic N) is 4. The van der Waals surface area contributed by atoms with E-state index in [-0.39, 0.29) is 5.75 Å². The smallest absolute Gasteiger partial charge is 0.164 e. The van der Waals surface area contributed by atoms with Crippen molar-refractivity contribution in [2.45, 2.75) is 0 Å². The molecule has 0 aliphatic carbocycles. The van der Waals surface area contributed by atoms with E-state index in [9.17, 15) is 5.11 Å². The molecule has 1 N–H and O–H groups in total. The number of aromatic hydroxyl groups is 1. The number of aromatic nitrogens is 4. The van der Waals surface area contributed by atoms with Crippen molar-refractivity contribution in [3.05, 3.63) is 103 Å². The first-order valence-corrected chi connectivity index (χ1v) is 9.90. The maximum Gasteiger partial charge on any atom is 0.164 e. The van der Waals surface area contributed by atoms with E-state index in [4.69, 9.17) is 15.0 Å². The fraction of sp³-hybridized carbons (Fsp3) is 0. The molecule has 0 fully saturated rings. The average molecular weight is 402 g/mol. The van der Waals surface area contributed by atoms with E-state index in [1.54, 1.807) is 18.3 Å². The Kier molecular flexibility index (Phi) is 4.91. The number of phenolic OH excluding ortho intramolecular Hbond substituents is 1. The number of phenols is 1. The van der Waals surface area contributed by atoms with Gasteiger partial charge in [-0.05, 0) is 30.3 Å². The third-order valence-electron chi connectivity index (χ3n) is 4.89. The van der Waals surface area contributed by atoms with Crippen molar-refractivity contribution in [2.75, 3.05) is 0 Å². The Labute approximate surface area is 179 Å². The van der Waals surface area contributed by atoms with Crippen LogP contribution >= 0.6 is 0 Å². The second-order valence-corrected chi connectivity index (χ2v) is 6.99. The maximum atomic E-state index is 10.4. The molecule has 5 nitrogen and oxygen atoms in total. The van der Waals surface area contributed by atoms with E-state index in [1.165, 1.54) is 0 Å². The average Bonchev–Trinajstić information content (AvgIpc) is 2.86. The van der Waals surface area contributed by atoms with Gasteiger partial charge in [0.05, 0.1) is 5.69 Å². The van der Waals surface area contributed by atoms with Gasteiger partial charge in [0.15, 0.2) is 17.5 Å². The zero-order chi connectivity index (χ0) is 21.0. The minimum Gasteiger partial charge on any atom is -0.507 e. The highest BCUT2D eigenvalue weighted by atomic mass is 16.3. The van der Waals surface area contributed by atoms with Crippen LogP contribution in [0.15, 0.2) is 103 Å². The van der Waals surface area contributed by atoms with E-state index < -0.39 is 0 Å². The molecule has 5 rings (SSSR count). The molecule has 0 aliphatic rings. The van der Waals surface area contributed by atoms with Gasteiger partial charge in [0, 0.05) is 28.5 Å². The molecule has 0 bridgehead atoms. The zero-order valence-corrected chi connectivity index (χ0v) is 16.6. The SMILES string of the molecule is Oc1ccc(-c2nc(-c3ccccc3)nc(-c3ccccc3)n2)cc1-c1ccccn1. The molecule has 3 aromatic carbocycles. The highest BCUT2D eigenvalue weighted by Crippen LogP contribution is 2.32. The summed E-state index contributed by atoms with van der Waals surface area (Å²) in [6, 6.07) is 30.6. The standard InChI is InChI=1S/C26H18N4O/c31-23-15-14-20(17-21(23)22-13-7-8-16-27-22)26-29-24(18-9-3-1-4-10-18)28-25(30-26)19-11-5-2-6-12-19/h1-17,31H. The highest BCUT2D eigenvalue weighted by Gasteiger charge is 2.14. The molecule has 2 aromatic heterocycles. The molecule has 0 radical (unpaired) electrons. The van der Waals surface area contributed by atoms with Crippen LogP contribution in [0.4, 0.5) is 0 Å². The Balaban J connectivity index is 1.69. The van der Waals surface area contributed by atoms with Gasteiger partial charge in [-0.15, -0.1) is 0 Å². The summed E-state index contributed by atoms with van der Waals surface area (Å²) in [5.74, 6) is 1.88. The first kappa shape index (κ1) is 18.6. The number of pyridine rings is 1. The summed E-state index contributed by atoms with van der Waals surface area (Å²) in [6.07, 6.45) is 1.70. The molecule has 5 aromatic rings. The number of benzene rings is 3. The van der Waals surface area contributed by atoms with Crippen LogP contribution in [0.3, 0.4) is 0 Å². The summed E-state index contributed by atoms with van der Waals surface area (Å²) in [5.41, 5.74) is 3.90. The van der Waals surface area contributed by atoms with Gasteiger partial charge >= 0.3 is 0 Å². The van der Waals surface area contributed by atoms with Crippen LogP contribution in [0.2, 0.25) is 0 Å². The van der Waals surface area contributed by atoms with Crippen LogP contribution in [0.1, 0.15) is 0 Å². The van der Waals surface area contributed by atoms with Crippen molar-refractivity contribution >= 4 is 0 Å². The summed E-state index contributed by atoms with van der Waals surface area (Å²) in [7, 11) is 0. The second-order valence-electron chi connectivity index (χ2n) is 6.99. The van der Waals surface area contributed by atoms with E-state index in [0.717, 1.165) is 16.7 Å². The van der Waals surface area contributed by atoms with Crippen molar-refractivity contribution in [3.63, 3.8) is 0 Å². The molecule has 0 saturated heterocycles. The van der Waals surface area contributed by atoms with E-state index in [0.29, 0.717) is 28.7 Å². The molecular formula is C26H18N4O. The third-order valence-corrected chi connectivity index (χ3v) is 4.89. The van der Waals surface area contributed by atoms with E-state index in [2.05, 4.69) is 4.98 Å². The molecule has 0 amide bonds. The van der Waals surface area contributed by atoms with Gasteiger partial charge in [-0.2, -0.15) is 0 Å². The molecule has 0 unspecified atom stereocenters. The maximum absolute atomic E-state index is 10.4. The Morgan fingerprint density at radius 1 is 0.516 bits per heavy atom. The molecule has 0 spiro atoms. The zero-order valence-electron chi connectivity index (χ0n) is 16.6. The quantitative estimate of drug-likeness (QED) is 0.421. The lowest BCUT2D eigenvalue weighted by molar-refractivity contribution is 0.477. The van der Waals surface area contributed by atoms with Crippen molar-refractivity contribution in [1.82, 2.24) is 19.9 Å². The van der Waals surface area contributed by atoms with Crippen molar-refractivity contribution in [3.8, 4) is 51.2 Å². The Bertz CT molecular complexity index is 1270. The first-order chi connectivity index (χ1) is 15.3. The van der Waals surface area contributed by atoms with Gasteiger partial charge in [-0.25, -0.2) is 15.0 Å². The van der Waals surface area contributed by atoms with Gasteiger partial charge in [-0.1, -0.05) is 66.7 Å². The Morgan fingerprint density at radius 2 is 1.06 bits per heavy atom. The van der Waals surface area contributed by atoms with Gasteiger partial charge in [0.1, 0.15) is 5.75 Å². The fourth-order valence-corrected chi connectivity index (χ4v) is 3.34. The summed E-state index contributed by atoms with van der Waals surface area (Å²) >= 11 is 0. The number of rotatable bonds is 4. The monoisotopic (exact) mass is 402 g/mol. The molecule has 2 heterocycles. The van der Waals surface area contributed by atoms with Crippen molar-refractivity contribution in [2.24, 2.45) is 0 Å². The lowest BCUT2D eigenvalue weighted by Crippen LogP contribution is -2.00. The van der Waals surface area contributed by atoms with Gasteiger partial charge in [0.25, 0.3) is 0 Å². The minimum atomic E-state index is 0.156. The number of hydrogen-bond acceptors (Lipinski definition) is 5. The molecule has 31 heavy (non-hydrogen) atoms. The molecular weight excluding hydrogens is 384 g/mol. The molecule has 148 valence electrons. The van der Waals surface area contributed by atoms with Crippen LogP contribution in [0.5, 0.6) is 5.75 Å². The largest absolute Gasteiger partial charge is 0.507 e. The summed E-state index contributed by atoms with van der Waals surface area (Å²) in [6.45, 7) is 0. The minimum absolute atomic E-state index is 0.156. The predicted molar refractivity (Wildman–Crippen MR) is 121 cm³/mol. The summed E-state index contributed by atoms with van der Waals surface area (Å²) in [5, 5.41) is 10.4. The van der Waals surface area contributed by atoms with Crippen LogP contribution in [0, 0.1) is 0 Å². The van der Waals surface area contributed by atoms with Crippen molar-refractivity contribution in [1.29, 1.82) is 0 Å². The van der Waals surface area contributed by atoms with Crippen LogP contribution in [-0.4, -0.2) is 25.0 Å². The second kappa shape index (κ2) is 8.16. The van der Waals surface area contributed by atoms with Crippen LogP contribution < -0.4 is 0 Å². The topological polar surface area (TPSA) is 71.8 Å². The van der Waals surface area contributed by atoms with Crippen LogP contribution in [0.25, 0.3) is 45.4 Å². The van der Waals surface area contributed by atoms with Crippen LogP contribution in [-0.2, 0) is 0 Å². The lowest BCUT2D eigenvalue weighted by atomic mass is 10.1. The highest BCUT2D eigenvalue weighted by molar-refractivity contribution is 5.74. The Hall–Kier alpha value is -4.38. The van der Waals surface area contributed by atoms with Gasteiger partial charge in [0.2, 0.25) is 0 Å². The lowest BCUT2D eigenvalue weighted by Gasteiger charge is -2.10. The van der Waals surface area contributed by atoms with Gasteiger partial charge in [-0.3, -0.25) is 4.98 Å². The molecule has 5 heteroatoms. The summed E-state index contributed by atoms with van der Waals surface area (Å²) < 4.78 is 0. The van der Waals surface area contributed by atoms with Crippen molar-refractivity contribution < 1.29 is 5.11 Å². The Morgan fingerprint density at radius 3 is 1.61 bits per heavy atom. The van der Waals surface area contributed by atoms with E-state index >= 15 is 0 Å². The number of hydrogen-bond donors (Lipinski definition) is 1. The molecule has 0 saturated carbocycles. The first-order valence-electron chi connectivity index (χ1n) is 9.90. The third kappa shape index (κ3) is 3.89.